The van der Waals surface area contributed by atoms with Gasteiger partial charge in [0, 0.05) is 0 Å². The molecule has 0 saturated heterocycles. The first-order valence-electron chi connectivity index (χ1n) is 0.730. The maximum atomic E-state index is 9.17. The van der Waals surface area contributed by atoms with Crippen LogP contribution in [0.5, 0.6) is 0 Å². The van der Waals surface area contributed by atoms with Crippen LogP contribution in [0.25, 0.3) is 0 Å². The summed E-state index contributed by atoms with van der Waals surface area (Å²) < 4.78 is 27.5. The Morgan fingerprint density at radius 3 is 1.29 bits per heavy atom. The van der Waals surface area contributed by atoms with Gasteiger partial charge in [-0.15, -0.1) is 0 Å². The summed E-state index contributed by atoms with van der Waals surface area (Å²) in [5.74, 6) is 0. The molecule has 3 nitrogen and oxygen atoms in total. The molecule has 0 unspecified atom stereocenters. The molecule has 0 aromatic heterocycles. The second-order valence-corrected chi connectivity index (χ2v) is 8.04. The van der Waals surface area contributed by atoms with Crippen LogP contribution < -0.4 is 46.1 Å². The van der Waals surface area contributed by atoms with E-state index < -0.39 is 10.8 Å². The third-order valence-corrected chi connectivity index (χ3v) is 0. The topological polar surface area (TPSA) is 63.2 Å². The Morgan fingerprint density at radius 1 is 1.29 bits per heavy atom. The fourth-order valence-corrected chi connectivity index (χ4v) is 0. The Labute approximate surface area is 77.6 Å². The first-order valence-corrected chi connectivity index (χ1v) is 8.46. The van der Waals surface area contributed by atoms with E-state index in [1.165, 1.54) is 0 Å². The second-order valence-electron chi connectivity index (χ2n) is 0.447. The van der Waals surface area contributed by atoms with Gasteiger partial charge < -0.3 is 0 Å². The van der Waals surface area contributed by atoms with Crippen LogP contribution in [0.1, 0.15) is 0 Å². The van der Waals surface area contributed by atoms with E-state index in [1.54, 1.807) is 0 Å². The molecule has 0 aliphatic carbocycles. The molecule has 0 spiro atoms. The fourth-order valence-electron chi connectivity index (χ4n) is 0. The van der Waals surface area contributed by atoms with Crippen LogP contribution in [0.15, 0.2) is 0 Å². The molecule has 0 aromatic rings. The van der Waals surface area contributed by atoms with Gasteiger partial charge >= 0.3 is 78.5 Å². The first-order chi connectivity index (χ1) is 2.00. The van der Waals surface area contributed by atoms with Gasteiger partial charge in [0.05, 0.1) is 0 Å². The molecule has 0 bridgehead atoms. The van der Waals surface area contributed by atoms with Gasteiger partial charge in [0.15, 0.2) is 0 Å². The maximum Gasteiger partial charge on any atom is 1.00 e. The van der Waals surface area contributed by atoms with Crippen molar-refractivity contribution in [1.82, 2.24) is 0 Å². The summed E-state index contributed by atoms with van der Waals surface area (Å²) in [6.45, 7) is 0. The van der Waals surface area contributed by atoms with E-state index in [0.717, 1.165) is 0 Å². The van der Waals surface area contributed by atoms with Crippen molar-refractivity contribution >= 4 is 10.8 Å². The minimum absolute atomic E-state index is 0. The Balaban J connectivity index is -0.0000000800. The summed E-state index contributed by atoms with van der Waals surface area (Å²) in [5, 5.41) is 0. The smallest absolute Gasteiger partial charge is 1.00 e. The minimum Gasteiger partial charge on any atom is 1.00 e. The minimum atomic E-state index is -4.62. The molecule has 0 heterocycles. The largest absolute Gasteiger partial charge is 1.00 e. The molecule has 0 fully saturated rings. The van der Waals surface area contributed by atoms with Crippen LogP contribution in [0.3, 0.4) is 0 Å². The van der Waals surface area contributed by atoms with E-state index in [0.29, 0.717) is 17.7 Å². The molecule has 0 rings (SSSR count). The van der Waals surface area contributed by atoms with Crippen molar-refractivity contribution in [2.24, 2.45) is 0 Å². The van der Waals surface area contributed by atoms with Gasteiger partial charge in [-0.05, 0) is 0 Å². The predicted molar refractivity (Wildman–Crippen MR) is 7.84 cm³/mol. The average Bonchev–Trinajstić information content (AvgIpc) is 0.722. The summed E-state index contributed by atoms with van der Waals surface area (Å²) >= 11 is 0.629. The molecular weight excluding hydrogens is 237 g/mol. The van der Waals surface area contributed by atoms with E-state index in [2.05, 4.69) is 0 Å². The van der Waals surface area contributed by atoms with E-state index in [-0.39, 0.29) is 37.7 Å². The maximum absolute atomic E-state index is 9.17. The predicted octanol–water partition coefficient (Wildman–Crippen LogP) is -9.14. The summed E-state index contributed by atoms with van der Waals surface area (Å²) in [6.07, 6.45) is 0. The molecule has 0 saturated carbocycles. The quantitative estimate of drug-likeness (QED) is 0.393. The summed E-state index contributed by atoms with van der Waals surface area (Å²) in [4.78, 5) is 0. The molecule has 0 radical (unpaired) electrons. The Hall–Kier alpha value is 2.12. The van der Waals surface area contributed by atoms with Crippen LogP contribution in [0.2, 0.25) is 0 Å². The first kappa shape index (κ1) is 16.1. The van der Waals surface area contributed by atoms with Gasteiger partial charge in [-0.3, -0.25) is 0 Å². The van der Waals surface area contributed by atoms with E-state index in [4.69, 9.17) is 12.2 Å². The average molecular weight is 238 g/mol. The fraction of sp³-hybridized carbons (Fsp3) is 0. The molecule has 0 N–H and O–H groups in total. The molecule has 0 aromatic carbocycles. The molecular formula is HLi2MoO3Se. The van der Waals surface area contributed by atoms with Crippen molar-refractivity contribution in [1.29, 1.82) is 0 Å². The van der Waals surface area contributed by atoms with Crippen LogP contribution in [-0.4, -0.2) is 10.8 Å². The van der Waals surface area contributed by atoms with Gasteiger partial charge in [-0.25, -0.2) is 0 Å². The molecule has 7 heteroatoms. The standard InChI is InChI=1S/2Li.Mo.HO3Se/c;;;1-4(2)3/h;;;4H/q2*+1;;-2. The van der Waals surface area contributed by atoms with E-state index in [9.17, 15) is 0 Å². The van der Waals surface area contributed by atoms with E-state index in [1.807, 2.05) is 0 Å². The normalized spacial score (nSPS) is 10.6. The van der Waals surface area contributed by atoms with Crippen LogP contribution in [0, 0.1) is 0 Å². The summed E-state index contributed by atoms with van der Waals surface area (Å²) in [7, 11) is -4.62. The van der Waals surface area contributed by atoms with Crippen LogP contribution in [0.4, 0.5) is 0 Å². The third kappa shape index (κ3) is 67.6. The van der Waals surface area contributed by atoms with Crippen molar-refractivity contribution in [2.45, 2.75) is 0 Å². The zero-order chi connectivity index (χ0) is 4.50. The van der Waals surface area contributed by atoms with Crippen molar-refractivity contribution in [3.8, 4) is 0 Å². The molecule has 0 aliphatic rings. The van der Waals surface area contributed by atoms with Crippen molar-refractivity contribution in [2.75, 3.05) is 0 Å². The number of hydrogen-bond acceptors (Lipinski definition) is 3. The van der Waals surface area contributed by atoms with Crippen molar-refractivity contribution in [3.63, 3.8) is 0 Å². The summed E-state index contributed by atoms with van der Waals surface area (Å²) in [6, 6.07) is 0. The van der Waals surface area contributed by atoms with Gasteiger partial charge in [-0.2, -0.15) is 0 Å². The molecule has 0 amide bonds. The van der Waals surface area contributed by atoms with Crippen LogP contribution in [-0.2, 0) is 21.6 Å². The SMILES string of the molecule is O=[SeH]([O-])([O-])[Mo].[Li+].[Li+]. The Bertz CT molecular complexity index is 59.1. The summed E-state index contributed by atoms with van der Waals surface area (Å²) in [5.41, 5.74) is 0. The number of rotatable bonds is 0. The van der Waals surface area contributed by atoms with Crippen molar-refractivity contribution < 1.29 is 67.7 Å². The second kappa shape index (κ2) is 6.25. The van der Waals surface area contributed by atoms with Gasteiger partial charge in [0.2, 0.25) is 0 Å². The van der Waals surface area contributed by atoms with Gasteiger partial charge in [0.1, 0.15) is 0 Å². The van der Waals surface area contributed by atoms with Gasteiger partial charge in [-0.1, -0.05) is 0 Å². The van der Waals surface area contributed by atoms with Crippen LogP contribution >= 0.6 is 0 Å². The zero-order valence-electron chi connectivity index (χ0n) is 4.08. The Morgan fingerprint density at radius 2 is 1.29 bits per heavy atom. The number of hydrogen-bond donors (Lipinski definition) is 0. The molecule has 0 atom stereocenters. The van der Waals surface area contributed by atoms with Gasteiger partial charge in [0.25, 0.3) is 0 Å². The third-order valence-electron chi connectivity index (χ3n) is 0. The van der Waals surface area contributed by atoms with E-state index >= 15 is 0 Å². The molecule has 33 valence electrons. The molecule has 7 heavy (non-hydrogen) atoms. The monoisotopic (exact) mass is 241 g/mol. The molecule has 0 aliphatic heterocycles. The van der Waals surface area contributed by atoms with Crippen molar-refractivity contribution in [3.05, 3.63) is 0 Å². The Kier molecular flexibility index (Phi) is 14.3. The zero-order valence-corrected chi connectivity index (χ0v) is 7.96.